The van der Waals surface area contributed by atoms with Gasteiger partial charge in [-0.2, -0.15) is 0 Å². The minimum Gasteiger partial charge on any atom is -0.390 e. The summed E-state index contributed by atoms with van der Waals surface area (Å²) in [5.41, 5.74) is 4.10. The molecular weight excluding hydrogens is 414 g/mol. The van der Waals surface area contributed by atoms with Crippen LogP contribution in [0.5, 0.6) is 0 Å². The summed E-state index contributed by atoms with van der Waals surface area (Å²) in [6.45, 7) is 14.7. The molecule has 0 bridgehead atoms. The van der Waals surface area contributed by atoms with E-state index in [9.17, 15) is 5.11 Å². The Kier molecular flexibility index (Phi) is 9.95. The van der Waals surface area contributed by atoms with Crippen LogP contribution in [0.1, 0.15) is 44.0 Å². The fourth-order valence-corrected chi connectivity index (χ4v) is 4.39. The molecule has 0 spiro atoms. The van der Waals surface area contributed by atoms with E-state index in [0.29, 0.717) is 13.1 Å². The summed E-state index contributed by atoms with van der Waals surface area (Å²) in [4.78, 5) is 4.66. The first-order valence-electron chi connectivity index (χ1n) is 12.3. The quantitative estimate of drug-likeness (QED) is 0.495. The molecule has 1 N–H and O–H groups in total. The van der Waals surface area contributed by atoms with Gasteiger partial charge in [-0.1, -0.05) is 45.0 Å². The second-order valence-corrected chi connectivity index (χ2v) is 10.2. The molecule has 0 radical (unpaired) electrons. The van der Waals surface area contributed by atoms with Crippen LogP contribution in [-0.2, 0) is 28.0 Å². The molecule has 1 saturated heterocycles. The van der Waals surface area contributed by atoms with Crippen LogP contribution in [-0.4, -0.2) is 85.2 Å². The van der Waals surface area contributed by atoms with Crippen LogP contribution in [0.4, 0.5) is 0 Å². The van der Waals surface area contributed by atoms with Crippen molar-refractivity contribution in [3.8, 4) is 0 Å². The summed E-state index contributed by atoms with van der Waals surface area (Å²) in [5, 5.41) is 10.8. The summed E-state index contributed by atoms with van der Waals surface area (Å²) in [5.74, 6) is 0. The summed E-state index contributed by atoms with van der Waals surface area (Å²) < 4.78 is 13.0. The van der Waals surface area contributed by atoms with Gasteiger partial charge in [0.15, 0.2) is 0 Å². The van der Waals surface area contributed by atoms with Crippen molar-refractivity contribution < 1.29 is 14.6 Å². The number of nitrogens with zero attached hydrogens (tertiary/aromatic N) is 3. The van der Waals surface area contributed by atoms with Gasteiger partial charge in [-0.05, 0) is 35.1 Å². The van der Waals surface area contributed by atoms with E-state index in [1.54, 1.807) is 7.11 Å². The van der Waals surface area contributed by atoms with Crippen molar-refractivity contribution >= 4 is 0 Å². The molecule has 1 unspecified atom stereocenters. The van der Waals surface area contributed by atoms with Gasteiger partial charge >= 0.3 is 0 Å². The fourth-order valence-electron chi connectivity index (χ4n) is 4.39. The van der Waals surface area contributed by atoms with Crippen LogP contribution < -0.4 is 0 Å². The summed E-state index contributed by atoms with van der Waals surface area (Å²) >= 11 is 0. The third-order valence-electron chi connectivity index (χ3n) is 6.35. The second kappa shape index (κ2) is 12.7. The van der Waals surface area contributed by atoms with Crippen molar-refractivity contribution in [2.45, 2.75) is 51.8 Å². The molecule has 2 aromatic rings. The Morgan fingerprint density at radius 2 is 1.85 bits per heavy atom. The Morgan fingerprint density at radius 1 is 1.12 bits per heavy atom. The molecule has 0 saturated carbocycles. The number of aliphatic hydroxyl groups is 1. The Hall–Kier alpha value is -1.70. The van der Waals surface area contributed by atoms with E-state index in [4.69, 9.17) is 9.47 Å². The molecule has 6 heteroatoms. The molecule has 3 rings (SSSR count). The van der Waals surface area contributed by atoms with Gasteiger partial charge in [0.25, 0.3) is 0 Å². The maximum Gasteiger partial charge on any atom is 0.0793 e. The number of β-amino-alcohol motifs (C(OH)–C–C–N with tert-alkyl or cyclic N) is 1. The molecule has 1 aromatic carbocycles. The zero-order valence-corrected chi connectivity index (χ0v) is 21.0. The highest BCUT2D eigenvalue weighted by Gasteiger charge is 2.19. The maximum atomic E-state index is 10.8. The Morgan fingerprint density at radius 3 is 2.52 bits per heavy atom. The van der Waals surface area contributed by atoms with Gasteiger partial charge < -0.3 is 19.1 Å². The zero-order chi connectivity index (χ0) is 23.7. The summed E-state index contributed by atoms with van der Waals surface area (Å²) in [6, 6.07) is 13.3. The maximum absolute atomic E-state index is 10.8. The minimum absolute atomic E-state index is 0.169. The van der Waals surface area contributed by atoms with Crippen LogP contribution in [0.3, 0.4) is 0 Å². The average molecular weight is 458 g/mol. The Balaban J connectivity index is 1.61. The minimum atomic E-state index is -0.376. The van der Waals surface area contributed by atoms with Gasteiger partial charge in [0.2, 0.25) is 0 Å². The number of hydrogen-bond acceptors (Lipinski definition) is 5. The molecular formula is C27H43N3O3. The van der Waals surface area contributed by atoms with E-state index < -0.39 is 0 Å². The van der Waals surface area contributed by atoms with Crippen LogP contribution in [0, 0.1) is 0 Å². The standard InChI is InChI=1S/C27H43N3O3/c1-27(2,3)24-10-8-23(9-11-24)19-30-13-5-7-25(30)20-29(12-6-16-32-4)22-26(31)21-28-14-17-33-18-15-28/h5,7-11,13,26,31H,6,12,14-22H2,1-4H3. The smallest absolute Gasteiger partial charge is 0.0793 e. The van der Waals surface area contributed by atoms with Crippen LogP contribution in [0.2, 0.25) is 0 Å². The third kappa shape index (κ3) is 8.54. The van der Waals surface area contributed by atoms with Crippen LogP contribution in [0.25, 0.3) is 0 Å². The number of methoxy groups -OCH3 is 1. The monoisotopic (exact) mass is 457 g/mol. The van der Waals surface area contributed by atoms with Crippen molar-refractivity contribution in [1.29, 1.82) is 0 Å². The van der Waals surface area contributed by atoms with Gasteiger partial charge in [-0.15, -0.1) is 0 Å². The van der Waals surface area contributed by atoms with Crippen molar-refractivity contribution in [2.75, 3.05) is 59.7 Å². The van der Waals surface area contributed by atoms with Gasteiger partial charge in [-0.25, -0.2) is 0 Å². The predicted octanol–water partition coefficient (Wildman–Crippen LogP) is 3.37. The normalized spacial score (nSPS) is 16.4. The van der Waals surface area contributed by atoms with Crippen LogP contribution >= 0.6 is 0 Å². The average Bonchev–Trinajstić information content (AvgIpc) is 3.20. The van der Waals surface area contributed by atoms with E-state index >= 15 is 0 Å². The number of rotatable bonds is 12. The van der Waals surface area contributed by atoms with E-state index in [1.165, 1.54) is 16.8 Å². The van der Waals surface area contributed by atoms with Crippen LogP contribution in [0.15, 0.2) is 42.6 Å². The van der Waals surface area contributed by atoms with Gasteiger partial charge in [0.1, 0.15) is 0 Å². The van der Waals surface area contributed by atoms with Crippen molar-refractivity contribution in [3.05, 3.63) is 59.4 Å². The van der Waals surface area contributed by atoms with E-state index in [2.05, 4.69) is 77.7 Å². The van der Waals surface area contributed by atoms with Gasteiger partial charge in [-0.3, -0.25) is 9.80 Å². The highest BCUT2D eigenvalue weighted by atomic mass is 16.5. The molecule has 1 fully saturated rings. The van der Waals surface area contributed by atoms with Crippen molar-refractivity contribution in [1.82, 2.24) is 14.4 Å². The fraction of sp³-hybridized carbons (Fsp3) is 0.630. The van der Waals surface area contributed by atoms with E-state index in [0.717, 1.165) is 59.0 Å². The topological polar surface area (TPSA) is 50.1 Å². The number of hydrogen-bond donors (Lipinski definition) is 1. The highest BCUT2D eigenvalue weighted by molar-refractivity contribution is 5.28. The molecule has 184 valence electrons. The lowest BCUT2D eigenvalue weighted by atomic mass is 9.87. The number of benzene rings is 1. The molecule has 2 heterocycles. The first kappa shape index (κ1) is 25.9. The molecule has 1 aromatic heterocycles. The summed E-state index contributed by atoms with van der Waals surface area (Å²) in [7, 11) is 1.74. The molecule has 1 aliphatic rings. The number of aromatic nitrogens is 1. The predicted molar refractivity (Wildman–Crippen MR) is 134 cm³/mol. The highest BCUT2D eigenvalue weighted by Crippen LogP contribution is 2.22. The SMILES string of the molecule is COCCCN(Cc1cccn1Cc1ccc(C(C)(C)C)cc1)CC(O)CN1CCOCC1. The molecule has 1 aliphatic heterocycles. The molecule has 1 atom stereocenters. The summed E-state index contributed by atoms with van der Waals surface area (Å²) in [6.07, 6.45) is 2.74. The lowest BCUT2D eigenvalue weighted by molar-refractivity contribution is 0.00553. The number of aliphatic hydroxyl groups excluding tert-OH is 1. The van der Waals surface area contributed by atoms with E-state index in [1.807, 2.05) is 0 Å². The lowest BCUT2D eigenvalue weighted by Gasteiger charge is -2.31. The number of morpholine rings is 1. The van der Waals surface area contributed by atoms with E-state index in [-0.39, 0.29) is 11.5 Å². The number of ether oxygens (including phenoxy) is 2. The van der Waals surface area contributed by atoms with Gasteiger partial charge in [0.05, 0.1) is 19.3 Å². The lowest BCUT2D eigenvalue weighted by Crippen LogP contribution is -2.44. The third-order valence-corrected chi connectivity index (χ3v) is 6.35. The Labute approximate surface area is 200 Å². The van der Waals surface area contributed by atoms with Crippen molar-refractivity contribution in [3.63, 3.8) is 0 Å². The molecule has 33 heavy (non-hydrogen) atoms. The zero-order valence-electron chi connectivity index (χ0n) is 21.0. The second-order valence-electron chi connectivity index (χ2n) is 10.2. The molecule has 0 aliphatic carbocycles. The molecule has 0 amide bonds. The molecule has 6 nitrogen and oxygen atoms in total. The Bertz CT molecular complexity index is 807. The first-order chi connectivity index (χ1) is 15.8. The largest absolute Gasteiger partial charge is 0.390 e. The van der Waals surface area contributed by atoms with Crippen molar-refractivity contribution in [2.24, 2.45) is 0 Å². The first-order valence-corrected chi connectivity index (χ1v) is 12.3. The van der Waals surface area contributed by atoms with Gasteiger partial charge in [0, 0.05) is 71.4 Å².